The quantitative estimate of drug-likeness (QED) is 0.165. The first-order valence-corrected chi connectivity index (χ1v) is 19.0. The Bertz CT molecular complexity index is 3490. The van der Waals surface area contributed by atoms with E-state index in [1.165, 1.54) is 37.1 Å². The third-order valence-corrected chi connectivity index (χ3v) is 11.7. The van der Waals surface area contributed by atoms with Crippen LogP contribution >= 0.6 is 0 Å². The molecule has 0 aliphatic carbocycles. The Kier molecular flexibility index (Phi) is 5.95. The number of ether oxygens (including phenoxy) is 1. The summed E-state index contributed by atoms with van der Waals surface area (Å²) in [5, 5.41) is 7.06. The van der Waals surface area contributed by atoms with Gasteiger partial charge in [-0.25, -0.2) is 0 Å². The molecule has 0 fully saturated rings. The molecule has 0 aliphatic heterocycles. The standard InChI is InChI=1S/C47H33N5O.Pt/c1-47(2,3)29-22-30(50-28-49(4)40-16-7-8-17-41(40)50)24-32(23-29)53-31-19-20-34-37-26-38-36-14-11-13-35-33-12-5-6-15-39(33)52(46(35)36)44(38)27-43(37)51(42(34)25-31)45-18-9-10-21-48-45;/h5-23,26-27H,1-4H3;/q-2;/i4D3;. The number of aromatic nitrogens is 5. The summed E-state index contributed by atoms with van der Waals surface area (Å²) in [4.78, 5) is 4.83. The van der Waals surface area contributed by atoms with Crippen LogP contribution < -0.4 is 4.74 Å². The van der Waals surface area contributed by atoms with Crippen LogP contribution in [0.25, 0.3) is 82.4 Å². The molecule has 0 saturated heterocycles. The molecule has 7 heteroatoms. The molecule has 11 rings (SSSR count). The summed E-state index contributed by atoms with van der Waals surface area (Å²) in [6.07, 6.45) is 1.82. The molecule has 11 aromatic rings. The Morgan fingerprint density at radius 2 is 1.37 bits per heavy atom. The van der Waals surface area contributed by atoms with Gasteiger partial charge in [0.25, 0.3) is 0 Å². The van der Waals surface area contributed by atoms with Gasteiger partial charge in [-0.1, -0.05) is 42.5 Å². The molecule has 5 heterocycles. The van der Waals surface area contributed by atoms with Crippen molar-refractivity contribution in [2.75, 3.05) is 0 Å². The first-order chi connectivity index (χ1) is 27.5. The SMILES string of the molecule is [2H]C([2H])([2H])n1[c](=[Pt])n(-c2[c-]c(Oc3[c-]c4c(cc3)c3cc5c6cccc7c8ccccc8n(c5cc3n4-c3ccccn3)c76)cc(C(C)(C)C)c2)c2ccccc21. The van der Waals surface area contributed by atoms with Crippen molar-refractivity contribution in [1.82, 2.24) is 23.1 Å². The maximum absolute atomic E-state index is 8.34. The summed E-state index contributed by atoms with van der Waals surface area (Å²) in [7, 11) is 0. The summed E-state index contributed by atoms with van der Waals surface area (Å²) in [5.74, 6) is 1.81. The third-order valence-electron chi connectivity index (χ3n) is 10.7. The van der Waals surface area contributed by atoms with Crippen molar-refractivity contribution in [2.24, 2.45) is 6.98 Å². The van der Waals surface area contributed by atoms with Gasteiger partial charge >= 0.3 is 224 Å². The van der Waals surface area contributed by atoms with Crippen LogP contribution in [0.2, 0.25) is 0 Å². The molecule has 54 heavy (non-hydrogen) atoms. The van der Waals surface area contributed by atoms with E-state index in [1.54, 1.807) is 0 Å². The zero-order valence-electron chi connectivity index (χ0n) is 32.6. The summed E-state index contributed by atoms with van der Waals surface area (Å²) in [5.41, 5.74) is 8.27. The van der Waals surface area contributed by atoms with Gasteiger partial charge in [0.1, 0.15) is 0 Å². The van der Waals surface area contributed by atoms with Gasteiger partial charge in [0.2, 0.25) is 0 Å². The molecule has 0 unspecified atom stereocenters. The van der Waals surface area contributed by atoms with E-state index in [0.717, 1.165) is 44.2 Å². The van der Waals surface area contributed by atoms with Crippen molar-refractivity contribution in [1.29, 1.82) is 0 Å². The minimum atomic E-state index is -2.37. The van der Waals surface area contributed by atoms with Crippen molar-refractivity contribution in [2.45, 2.75) is 26.2 Å². The second-order valence-corrected chi connectivity index (χ2v) is 15.9. The van der Waals surface area contributed by atoms with E-state index in [-0.39, 0.29) is 5.41 Å². The first-order valence-electron chi connectivity index (χ1n) is 19.4. The van der Waals surface area contributed by atoms with Gasteiger partial charge in [-0.3, -0.25) is 0 Å². The van der Waals surface area contributed by atoms with Gasteiger partial charge in [-0.2, -0.15) is 0 Å². The fourth-order valence-electron chi connectivity index (χ4n) is 8.23. The number of fused-ring (bicyclic) bond motifs is 10. The Morgan fingerprint density at radius 1 is 0.630 bits per heavy atom. The molecule has 0 atom stereocenters. The van der Waals surface area contributed by atoms with Crippen LogP contribution in [0.1, 0.15) is 30.4 Å². The van der Waals surface area contributed by atoms with Gasteiger partial charge in [-0.15, -0.1) is 0 Å². The Hall–Kier alpha value is -5.97. The zero-order valence-corrected chi connectivity index (χ0v) is 31.9. The molecule has 0 radical (unpaired) electrons. The van der Waals surface area contributed by atoms with Gasteiger partial charge in [0, 0.05) is 27.7 Å². The number of nitrogens with zero attached hydrogens (tertiary/aromatic N) is 5. The fourth-order valence-corrected chi connectivity index (χ4v) is 9.05. The predicted molar refractivity (Wildman–Crippen MR) is 215 cm³/mol. The number of imidazole rings is 1. The molecule has 6 aromatic carbocycles. The zero-order chi connectivity index (χ0) is 39.0. The van der Waals surface area contributed by atoms with E-state index in [0.29, 0.717) is 26.5 Å². The van der Waals surface area contributed by atoms with Crippen LogP contribution in [0.5, 0.6) is 11.5 Å². The number of hydrogen-bond donors (Lipinski definition) is 0. The fraction of sp³-hybridized carbons (Fsp3) is 0.106. The molecule has 0 aliphatic rings. The van der Waals surface area contributed by atoms with Crippen molar-refractivity contribution < 1.29 is 28.2 Å². The van der Waals surface area contributed by atoms with Crippen molar-refractivity contribution in [3.8, 4) is 23.0 Å². The minimum absolute atomic E-state index is 0.245. The summed E-state index contributed by atoms with van der Waals surface area (Å²) < 4.78 is 40.2. The Balaban J connectivity index is 1.13. The monoisotopic (exact) mass is 881 g/mol. The van der Waals surface area contributed by atoms with Crippen molar-refractivity contribution in [3.63, 3.8) is 0 Å². The average molecular weight is 882 g/mol. The predicted octanol–water partition coefficient (Wildman–Crippen LogP) is 11.4. The molecule has 5 aromatic heterocycles. The molecule has 6 nitrogen and oxygen atoms in total. The van der Waals surface area contributed by atoms with E-state index in [1.807, 2.05) is 65.4 Å². The van der Waals surface area contributed by atoms with Crippen LogP contribution in [0.3, 0.4) is 0 Å². The number of pyridine rings is 1. The summed E-state index contributed by atoms with van der Waals surface area (Å²) in [6.45, 7) is 4.08. The van der Waals surface area contributed by atoms with E-state index >= 15 is 0 Å². The van der Waals surface area contributed by atoms with Crippen LogP contribution in [-0.4, -0.2) is 23.1 Å². The van der Waals surface area contributed by atoms with E-state index in [2.05, 4.69) is 128 Å². The normalized spacial score (nSPS) is 13.6. The second kappa shape index (κ2) is 11.3. The number of para-hydroxylation sites is 4. The van der Waals surface area contributed by atoms with Gasteiger partial charge in [-0.05, 0) is 12.1 Å². The molecular formula is C47H33N5OPt-2. The molecule has 264 valence electrons. The van der Waals surface area contributed by atoms with Crippen LogP contribution in [0.15, 0.2) is 128 Å². The molecule has 0 saturated carbocycles. The van der Waals surface area contributed by atoms with Crippen LogP contribution in [0, 0.1) is 15.9 Å². The number of hydrogen-bond acceptors (Lipinski definition) is 2. The summed E-state index contributed by atoms with van der Waals surface area (Å²) in [6, 6.07) is 48.6. The molecule has 0 amide bonds. The molecule has 0 spiro atoms. The number of benzene rings is 6. The Labute approximate surface area is 326 Å². The van der Waals surface area contributed by atoms with Gasteiger partial charge in [0.15, 0.2) is 0 Å². The van der Waals surface area contributed by atoms with Gasteiger partial charge in [0.05, 0.1) is 16.6 Å². The molecule has 0 bridgehead atoms. The number of aryl methyl sites for hydroxylation is 1. The van der Waals surface area contributed by atoms with Crippen LogP contribution in [0.4, 0.5) is 0 Å². The topological polar surface area (TPSA) is 41.3 Å². The second-order valence-electron chi connectivity index (χ2n) is 14.9. The van der Waals surface area contributed by atoms with Crippen molar-refractivity contribution >= 4 is 70.9 Å². The maximum atomic E-state index is 8.34. The third kappa shape index (κ3) is 4.44. The van der Waals surface area contributed by atoms with Crippen LogP contribution in [-0.2, 0) is 31.7 Å². The van der Waals surface area contributed by atoms with Gasteiger partial charge < -0.3 is 4.40 Å². The van der Waals surface area contributed by atoms with E-state index in [4.69, 9.17) is 13.8 Å². The number of rotatable bonds is 4. The van der Waals surface area contributed by atoms with E-state index < -0.39 is 6.98 Å². The molecule has 0 N–H and O–H groups in total. The van der Waals surface area contributed by atoms with E-state index in [9.17, 15) is 0 Å². The summed E-state index contributed by atoms with van der Waals surface area (Å²) >= 11 is 2.10. The first kappa shape index (κ1) is 28.5. The average Bonchev–Trinajstić information content (AvgIpc) is 3.90. The Morgan fingerprint density at radius 3 is 2.17 bits per heavy atom. The van der Waals surface area contributed by atoms with Crippen molar-refractivity contribution in [3.05, 3.63) is 149 Å². The molecular weight excluding hydrogens is 846 g/mol.